The third-order valence-corrected chi connectivity index (χ3v) is 4.70. The first-order chi connectivity index (χ1) is 13.1. The van der Waals surface area contributed by atoms with Crippen molar-refractivity contribution in [3.05, 3.63) is 35.4 Å². The minimum Gasteiger partial charge on any atom is -0.356 e. The molecule has 0 bridgehead atoms. The molecule has 0 saturated carbocycles. The van der Waals surface area contributed by atoms with E-state index in [0.29, 0.717) is 37.1 Å². The molecule has 28 heavy (non-hydrogen) atoms. The molecule has 1 aliphatic heterocycles. The number of alkyl halides is 3. The van der Waals surface area contributed by atoms with Crippen molar-refractivity contribution in [2.24, 2.45) is 10.9 Å². The van der Waals surface area contributed by atoms with Crippen LogP contribution in [0.15, 0.2) is 29.3 Å². The highest BCUT2D eigenvalue weighted by molar-refractivity contribution is 5.85. The van der Waals surface area contributed by atoms with E-state index in [1.807, 2.05) is 4.90 Å². The molecule has 0 radical (unpaired) electrons. The zero-order valence-electron chi connectivity index (χ0n) is 16.9. The first kappa shape index (κ1) is 22.0. The van der Waals surface area contributed by atoms with Crippen LogP contribution in [0.4, 0.5) is 13.2 Å². The van der Waals surface area contributed by atoms with Gasteiger partial charge in [-0.3, -0.25) is 4.79 Å². The van der Waals surface area contributed by atoms with E-state index in [2.05, 4.69) is 24.2 Å². The van der Waals surface area contributed by atoms with Crippen LogP contribution in [0.1, 0.15) is 37.3 Å². The van der Waals surface area contributed by atoms with Crippen LogP contribution in [0.5, 0.6) is 0 Å². The highest BCUT2D eigenvalue weighted by Gasteiger charge is 2.32. The molecule has 0 aliphatic carbocycles. The van der Waals surface area contributed by atoms with Crippen LogP contribution in [0.2, 0.25) is 0 Å². The van der Waals surface area contributed by atoms with E-state index in [-0.39, 0.29) is 18.4 Å². The molecule has 1 aliphatic rings. The first-order valence-corrected chi connectivity index (χ1v) is 9.48. The summed E-state index contributed by atoms with van der Waals surface area (Å²) in [4.78, 5) is 19.8. The van der Waals surface area contributed by atoms with Crippen LogP contribution in [-0.4, -0.2) is 61.9 Å². The number of aliphatic imine (C=N–C) groups is 1. The maximum Gasteiger partial charge on any atom is 0.416 e. The average Bonchev–Trinajstić information content (AvgIpc) is 3.10. The summed E-state index contributed by atoms with van der Waals surface area (Å²) in [6.45, 7) is 6.15. The molecular weight excluding hydrogens is 369 g/mol. The Morgan fingerprint density at radius 3 is 2.68 bits per heavy atom. The first-order valence-electron chi connectivity index (χ1n) is 9.48. The van der Waals surface area contributed by atoms with Gasteiger partial charge in [0.05, 0.1) is 5.56 Å². The van der Waals surface area contributed by atoms with E-state index >= 15 is 0 Å². The molecule has 1 N–H and O–H groups in total. The summed E-state index contributed by atoms with van der Waals surface area (Å²) in [6, 6.07) is 5.54. The van der Waals surface area contributed by atoms with E-state index in [0.717, 1.165) is 12.5 Å². The molecule has 1 amide bonds. The Labute approximate surface area is 164 Å². The van der Waals surface area contributed by atoms with Crippen LogP contribution >= 0.6 is 0 Å². The van der Waals surface area contributed by atoms with Crippen molar-refractivity contribution < 1.29 is 18.0 Å². The molecule has 0 aromatic heterocycles. The number of hydrogen-bond donors (Lipinski definition) is 1. The van der Waals surface area contributed by atoms with Gasteiger partial charge in [0.1, 0.15) is 6.54 Å². The summed E-state index contributed by atoms with van der Waals surface area (Å²) in [5.74, 6) is 0.936. The van der Waals surface area contributed by atoms with E-state index in [4.69, 9.17) is 0 Å². The SMILES string of the molecule is CC(C)CNC(=NCC(=O)N(C)C)N1CCC(c2cccc(C(F)(F)F)c2)C1. The topological polar surface area (TPSA) is 47.9 Å². The second-order valence-electron chi connectivity index (χ2n) is 7.76. The van der Waals surface area contributed by atoms with Gasteiger partial charge in [-0.05, 0) is 24.0 Å². The molecule has 1 aromatic carbocycles. The fourth-order valence-corrected chi connectivity index (χ4v) is 3.04. The molecular formula is C20H29F3N4O. The van der Waals surface area contributed by atoms with Gasteiger partial charge in [0.15, 0.2) is 5.96 Å². The fraction of sp³-hybridized carbons (Fsp3) is 0.600. The van der Waals surface area contributed by atoms with Gasteiger partial charge < -0.3 is 15.1 Å². The van der Waals surface area contributed by atoms with Gasteiger partial charge in [-0.15, -0.1) is 0 Å². The van der Waals surface area contributed by atoms with Gasteiger partial charge in [-0.2, -0.15) is 13.2 Å². The van der Waals surface area contributed by atoms with E-state index < -0.39 is 11.7 Å². The zero-order valence-corrected chi connectivity index (χ0v) is 16.9. The smallest absolute Gasteiger partial charge is 0.356 e. The second kappa shape index (κ2) is 9.30. The number of benzene rings is 1. The van der Waals surface area contributed by atoms with E-state index in [9.17, 15) is 18.0 Å². The lowest BCUT2D eigenvalue weighted by atomic mass is 9.96. The van der Waals surface area contributed by atoms with Crippen LogP contribution in [0.25, 0.3) is 0 Å². The summed E-state index contributed by atoms with van der Waals surface area (Å²) < 4.78 is 39.0. The minimum absolute atomic E-state index is 0.00194. The number of nitrogens with one attached hydrogen (secondary N) is 1. The number of rotatable bonds is 5. The van der Waals surface area contributed by atoms with Crippen LogP contribution in [0.3, 0.4) is 0 Å². The number of halogens is 3. The van der Waals surface area contributed by atoms with Crippen LogP contribution < -0.4 is 5.32 Å². The zero-order chi connectivity index (χ0) is 20.9. The molecule has 156 valence electrons. The normalized spacial score (nSPS) is 17.9. The van der Waals surface area contributed by atoms with Crippen molar-refractivity contribution in [1.29, 1.82) is 0 Å². The number of amides is 1. The molecule has 1 fully saturated rings. The van der Waals surface area contributed by atoms with Crippen molar-refractivity contribution in [2.45, 2.75) is 32.4 Å². The monoisotopic (exact) mass is 398 g/mol. The minimum atomic E-state index is -4.34. The van der Waals surface area contributed by atoms with Crippen molar-refractivity contribution in [3.63, 3.8) is 0 Å². The molecule has 1 aromatic rings. The number of carbonyl (C=O) groups excluding carboxylic acids is 1. The third-order valence-electron chi connectivity index (χ3n) is 4.70. The second-order valence-corrected chi connectivity index (χ2v) is 7.76. The van der Waals surface area contributed by atoms with Crippen molar-refractivity contribution in [1.82, 2.24) is 15.1 Å². The molecule has 1 saturated heterocycles. The van der Waals surface area contributed by atoms with E-state index in [1.54, 1.807) is 20.2 Å². The standard InChI is InChI=1S/C20H29F3N4O/c1-14(2)11-24-19(25-12-18(28)26(3)4)27-9-8-16(13-27)15-6-5-7-17(10-15)20(21,22)23/h5-7,10,14,16H,8-9,11-13H2,1-4H3,(H,24,25). The van der Waals surface area contributed by atoms with Gasteiger partial charge in [0, 0.05) is 39.6 Å². The predicted octanol–water partition coefficient (Wildman–Crippen LogP) is 3.18. The molecule has 1 atom stereocenters. The lowest BCUT2D eigenvalue weighted by Crippen LogP contribution is -2.42. The number of likely N-dealkylation sites (N-methyl/N-ethyl adjacent to an activating group) is 1. The summed E-state index contributed by atoms with van der Waals surface area (Å²) in [5, 5.41) is 3.29. The molecule has 0 spiro atoms. The molecule has 2 rings (SSSR count). The number of carbonyl (C=O) groups is 1. The number of likely N-dealkylation sites (tertiary alicyclic amines) is 1. The molecule has 1 heterocycles. The largest absolute Gasteiger partial charge is 0.416 e. The van der Waals surface area contributed by atoms with Crippen molar-refractivity contribution in [2.75, 3.05) is 40.3 Å². The summed E-state index contributed by atoms with van der Waals surface area (Å²) in [6.07, 6.45) is -3.60. The van der Waals surface area contributed by atoms with Crippen LogP contribution in [-0.2, 0) is 11.0 Å². The van der Waals surface area contributed by atoms with Gasteiger partial charge in [-0.25, -0.2) is 4.99 Å². The Morgan fingerprint density at radius 1 is 1.36 bits per heavy atom. The van der Waals surface area contributed by atoms with Crippen LogP contribution in [0, 0.1) is 5.92 Å². The number of hydrogen-bond acceptors (Lipinski definition) is 2. The molecule has 5 nitrogen and oxygen atoms in total. The maximum atomic E-state index is 13.0. The maximum absolute atomic E-state index is 13.0. The quantitative estimate of drug-likeness (QED) is 0.612. The summed E-state index contributed by atoms with van der Waals surface area (Å²) in [7, 11) is 3.36. The highest BCUT2D eigenvalue weighted by atomic mass is 19.4. The Balaban J connectivity index is 2.12. The summed E-state index contributed by atoms with van der Waals surface area (Å²) in [5.41, 5.74) is 0.0664. The Hall–Kier alpha value is -2.25. The van der Waals surface area contributed by atoms with E-state index in [1.165, 1.54) is 17.0 Å². The highest BCUT2D eigenvalue weighted by Crippen LogP contribution is 2.33. The molecule has 1 unspecified atom stereocenters. The van der Waals surface area contributed by atoms with Gasteiger partial charge in [0.2, 0.25) is 5.91 Å². The molecule has 8 heteroatoms. The van der Waals surface area contributed by atoms with Gasteiger partial charge >= 0.3 is 6.18 Å². The Bertz CT molecular complexity index is 701. The average molecular weight is 398 g/mol. The van der Waals surface area contributed by atoms with Gasteiger partial charge in [-0.1, -0.05) is 32.0 Å². The van der Waals surface area contributed by atoms with Crippen molar-refractivity contribution >= 4 is 11.9 Å². The third kappa shape index (κ3) is 6.14. The lowest BCUT2D eigenvalue weighted by Gasteiger charge is -2.23. The Kier molecular flexibility index (Phi) is 7.32. The number of guanidine groups is 1. The predicted molar refractivity (Wildman–Crippen MR) is 104 cm³/mol. The summed E-state index contributed by atoms with van der Waals surface area (Å²) >= 11 is 0. The Morgan fingerprint density at radius 2 is 2.07 bits per heavy atom. The fourth-order valence-electron chi connectivity index (χ4n) is 3.04. The lowest BCUT2D eigenvalue weighted by molar-refractivity contribution is -0.137. The number of nitrogens with zero attached hydrogens (tertiary/aromatic N) is 3. The van der Waals surface area contributed by atoms with Gasteiger partial charge in [0.25, 0.3) is 0 Å². The van der Waals surface area contributed by atoms with Crippen molar-refractivity contribution in [3.8, 4) is 0 Å².